The SMILES string of the molecule is Cc1c(-c2nccc3cnc(Cl)cc23)ccc2c1cnn2CC(C)(C)O. The number of aromatic nitrogens is 4. The molecule has 0 aliphatic heterocycles. The molecule has 132 valence electrons. The summed E-state index contributed by atoms with van der Waals surface area (Å²) >= 11 is 6.10. The molecule has 0 atom stereocenters. The minimum absolute atomic E-state index is 0.434. The van der Waals surface area contributed by atoms with Crippen LogP contribution in [0.3, 0.4) is 0 Å². The Bertz CT molecular complexity index is 1130. The molecule has 0 saturated carbocycles. The van der Waals surface area contributed by atoms with Crippen LogP contribution >= 0.6 is 11.6 Å². The third-order valence-corrected chi connectivity index (χ3v) is 4.71. The van der Waals surface area contributed by atoms with Crippen LogP contribution in [0.25, 0.3) is 32.9 Å². The molecule has 0 amide bonds. The molecule has 0 unspecified atom stereocenters. The normalized spacial score (nSPS) is 12.2. The number of aryl methyl sites for hydroxylation is 1. The van der Waals surface area contributed by atoms with Crippen LogP contribution < -0.4 is 0 Å². The summed E-state index contributed by atoms with van der Waals surface area (Å²) in [6.07, 6.45) is 5.40. The molecule has 0 saturated heterocycles. The second-order valence-electron chi connectivity index (χ2n) is 7.17. The molecule has 6 heteroatoms. The number of fused-ring (bicyclic) bond motifs is 2. The lowest BCUT2D eigenvalue weighted by atomic mass is 9.98. The van der Waals surface area contributed by atoms with Gasteiger partial charge in [-0.15, -0.1) is 0 Å². The van der Waals surface area contributed by atoms with Crippen LogP contribution in [0, 0.1) is 6.92 Å². The Morgan fingerprint density at radius 1 is 1.12 bits per heavy atom. The number of aliphatic hydroxyl groups is 1. The highest BCUT2D eigenvalue weighted by Crippen LogP contribution is 2.33. The fraction of sp³-hybridized carbons (Fsp3) is 0.250. The summed E-state index contributed by atoms with van der Waals surface area (Å²) in [7, 11) is 0. The van der Waals surface area contributed by atoms with Crippen molar-refractivity contribution in [2.75, 3.05) is 0 Å². The number of pyridine rings is 2. The topological polar surface area (TPSA) is 63.8 Å². The molecule has 3 heterocycles. The molecule has 4 aromatic rings. The van der Waals surface area contributed by atoms with Crippen LogP contribution in [0.1, 0.15) is 19.4 Å². The molecule has 0 fully saturated rings. The second kappa shape index (κ2) is 6.04. The minimum Gasteiger partial charge on any atom is -0.389 e. The zero-order valence-electron chi connectivity index (χ0n) is 14.9. The lowest BCUT2D eigenvalue weighted by molar-refractivity contribution is 0.0591. The van der Waals surface area contributed by atoms with Crippen LogP contribution in [0.2, 0.25) is 5.15 Å². The summed E-state index contributed by atoms with van der Waals surface area (Å²) in [6.45, 7) is 6.05. The van der Waals surface area contributed by atoms with Crippen LogP contribution in [-0.2, 0) is 6.54 Å². The average molecular weight is 367 g/mol. The average Bonchev–Trinajstić information content (AvgIpc) is 2.97. The highest BCUT2D eigenvalue weighted by molar-refractivity contribution is 6.30. The molecule has 1 aromatic carbocycles. The van der Waals surface area contributed by atoms with Crippen molar-refractivity contribution in [2.45, 2.75) is 32.9 Å². The third-order valence-electron chi connectivity index (χ3n) is 4.50. The minimum atomic E-state index is -0.827. The first-order valence-corrected chi connectivity index (χ1v) is 8.79. The van der Waals surface area contributed by atoms with Gasteiger partial charge in [-0.1, -0.05) is 17.7 Å². The molecule has 0 aliphatic rings. The van der Waals surface area contributed by atoms with Gasteiger partial charge >= 0.3 is 0 Å². The summed E-state index contributed by atoms with van der Waals surface area (Å²) in [5.74, 6) is 0. The number of nitrogens with zero attached hydrogens (tertiary/aromatic N) is 4. The molecular formula is C20H19ClN4O. The van der Waals surface area contributed by atoms with Gasteiger partial charge in [0.05, 0.1) is 29.6 Å². The number of hydrogen-bond acceptors (Lipinski definition) is 4. The highest BCUT2D eigenvalue weighted by atomic mass is 35.5. The van der Waals surface area contributed by atoms with E-state index >= 15 is 0 Å². The number of halogens is 1. The lowest BCUT2D eigenvalue weighted by Crippen LogP contribution is -2.26. The molecule has 3 aromatic heterocycles. The van der Waals surface area contributed by atoms with E-state index in [4.69, 9.17) is 11.6 Å². The van der Waals surface area contributed by atoms with Crippen LogP contribution in [0.5, 0.6) is 0 Å². The molecule has 0 bridgehead atoms. The van der Waals surface area contributed by atoms with Gasteiger partial charge in [-0.05, 0) is 44.5 Å². The maximum absolute atomic E-state index is 10.1. The standard InChI is InChI=1S/C20H19ClN4O/c1-12-14(19-15-8-18(21)23-9-13(15)6-7-22-19)4-5-17-16(12)10-24-25(17)11-20(2,3)26/h4-10,26H,11H2,1-3H3. The van der Waals surface area contributed by atoms with Gasteiger partial charge in [0.2, 0.25) is 0 Å². The quantitative estimate of drug-likeness (QED) is 0.546. The van der Waals surface area contributed by atoms with Crippen molar-refractivity contribution < 1.29 is 5.11 Å². The zero-order valence-corrected chi connectivity index (χ0v) is 15.6. The Morgan fingerprint density at radius 3 is 2.69 bits per heavy atom. The summed E-state index contributed by atoms with van der Waals surface area (Å²) in [5.41, 5.74) is 3.17. The zero-order chi connectivity index (χ0) is 18.5. The van der Waals surface area contributed by atoms with E-state index < -0.39 is 5.60 Å². The fourth-order valence-electron chi connectivity index (χ4n) is 3.30. The number of benzene rings is 1. The maximum atomic E-state index is 10.1. The first kappa shape index (κ1) is 16.9. The summed E-state index contributed by atoms with van der Waals surface area (Å²) in [4.78, 5) is 8.75. The van der Waals surface area contributed by atoms with E-state index in [0.717, 1.165) is 38.5 Å². The van der Waals surface area contributed by atoms with Gasteiger partial charge in [-0.3, -0.25) is 9.67 Å². The van der Waals surface area contributed by atoms with Crippen molar-refractivity contribution in [1.29, 1.82) is 0 Å². The highest BCUT2D eigenvalue weighted by Gasteiger charge is 2.18. The molecule has 0 radical (unpaired) electrons. The lowest BCUT2D eigenvalue weighted by Gasteiger charge is -2.17. The van der Waals surface area contributed by atoms with Gasteiger partial charge in [0.25, 0.3) is 0 Å². The fourth-order valence-corrected chi connectivity index (χ4v) is 3.45. The van der Waals surface area contributed by atoms with Crippen molar-refractivity contribution in [2.24, 2.45) is 0 Å². The van der Waals surface area contributed by atoms with Crippen molar-refractivity contribution in [1.82, 2.24) is 19.7 Å². The van der Waals surface area contributed by atoms with E-state index in [1.165, 1.54) is 0 Å². The Hall–Kier alpha value is -2.50. The molecule has 0 spiro atoms. The second-order valence-corrected chi connectivity index (χ2v) is 7.56. The van der Waals surface area contributed by atoms with E-state index in [2.05, 4.69) is 28.1 Å². The predicted octanol–water partition coefficient (Wildman–Crippen LogP) is 4.38. The predicted molar refractivity (Wildman–Crippen MR) is 104 cm³/mol. The van der Waals surface area contributed by atoms with Crippen molar-refractivity contribution in [3.63, 3.8) is 0 Å². The van der Waals surface area contributed by atoms with Crippen LogP contribution in [0.15, 0.2) is 42.9 Å². The van der Waals surface area contributed by atoms with Gasteiger partial charge in [-0.2, -0.15) is 5.10 Å². The Balaban J connectivity index is 1.91. The van der Waals surface area contributed by atoms with E-state index in [-0.39, 0.29) is 0 Å². The van der Waals surface area contributed by atoms with E-state index in [0.29, 0.717) is 11.7 Å². The van der Waals surface area contributed by atoms with Gasteiger partial charge in [0.15, 0.2) is 0 Å². The largest absolute Gasteiger partial charge is 0.389 e. The summed E-state index contributed by atoms with van der Waals surface area (Å²) < 4.78 is 1.84. The number of hydrogen-bond donors (Lipinski definition) is 1. The van der Waals surface area contributed by atoms with Crippen molar-refractivity contribution >= 4 is 33.3 Å². The van der Waals surface area contributed by atoms with E-state index in [1.54, 1.807) is 26.2 Å². The Morgan fingerprint density at radius 2 is 1.92 bits per heavy atom. The molecule has 26 heavy (non-hydrogen) atoms. The van der Waals surface area contributed by atoms with Gasteiger partial charge in [-0.25, -0.2) is 4.98 Å². The number of rotatable bonds is 3. The van der Waals surface area contributed by atoms with Crippen LogP contribution in [-0.4, -0.2) is 30.5 Å². The Kier molecular flexibility index (Phi) is 3.93. The van der Waals surface area contributed by atoms with Gasteiger partial charge < -0.3 is 5.11 Å². The first-order valence-electron chi connectivity index (χ1n) is 8.42. The van der Waals surface area contributed by atoms with Crippen LogP contribution in [0.4, 0.5) is 0 Å². The molecule has 1 N–H and O–H groups in total. The van der Waals surface area contributed by atoms with Crippen molar-refractivity contribution in [3.8, 4) is 11.3 Å². The summed E-state index contributed by atoms with van der Waals surface area (Å²) in [6, 6.07) is 7.86. The monoisotopic (exact) mass is 366 g/mol. The van der Waals surface area contributed by atoms with Gasteiger partial charge in [0.1, 0.15) is 5.15 Å². The molecule has 0 aliphatic carbocycles. The molecular weight excluding hydrogens is 348 g/mol. The first-order chi connectivity index (χ1) is 12.3. The maximum Gasteiger partial charge on any atom is 0.129 e. The summed E-state index contributed by atoms with van der Waals surface area (Å²) in [5, 5.41) is 18.0. The van der Waals surface area contributed by atoms with Gasteiger partial charge in [0, 0.05) is 34.1 Å². The molecule has 5 nitrogen and oxygen atoms in total. The molecule has 4 rings (SSSR count). The smallest absolute Gasteiger partial charge is 0.129 e. The Labute approximate surface area is 156 Å². The van der Waals surface area contributed by atoms with E-state index in [9.17, 15) is 5.11 Å². The third kappa shape index (κ3) is 2.93. The van der Waals surface area contributed by atoms with Crippen molar-refractivity contribution in [3.05, 3.63) is 53.6 Å². The van der Waals surface area contributed by atoms with E-state index in [1.807, 2.05) is 29.1 Å².